The van der Waals surface area contributed by atoms with Crippen LogP contribution in [0.1, 0.15) is 31.1 Å². The first kappa shape index (κ1) is 22.2. The van der Waals surface area contributed by atoms with Crippen molar-refractivity contribution in [2.75, 3.05) is 42.5 Å². The Bertz CT molecular complexity index is 1250. The van der Waals surface area contributed by atoms with Crippen LogP contribution in [0.3, 0.4) is 0 Å². The van der Waals surface area contributed by atoms with Crippen LogP contribution < -0.4 is 9.80 Å². The van der Waals surface area contributed by atoms with Gasteiger partial charge in [0.05, 0.1) is 5.92 Å². The number of amides is 2. The number of piperazine rings is 1. The van der Waals surface area contributed by atoms with Gasteiger partial charge in [-0.2, -0.15) is 4.98 Å². The molecule has 0 radical (unpaired) electrons. The molecule has 1 aliphatic carbocycles. The molecule has 1 unspecified atom stereocenters. The average molecular weight is 537 g/mol. The summed E-state index contributed by atoms with van der Waals surface area (Å²) in [4.78, 5) is 40.6. The van der Waals surface area contributed by atoms with Crippen LogP contribution in [0.15, 0.2) is 51.6 Å². The molecule has 1 saturated carbocycles. The number of carbonyl (C=O) groups excluding carboxylic acids is 2. The summed E-state index contributed by atoms with van der Waals surface area (Å²) in [5.41, 5.74) is 1.66. The summed E-state index contributed by atoms with van der Waals surface area (Å²) in [6.07, 6.45) is 4.27. The van der Waals surface area contributed by atoms with E-state index in [2.05, 4.69) is 36.0 Å². The molecule has 0 spiro atoms. The molecule has 3 fully saturated rings. The fourth-order valence-electron chi connectivity index (χ4n) is 4.73. The van der Waals surface area contributed by atoms with E-state index in [4.69, 9.17) is 4.52 Å². The molecule has 3 aromatic rings. The molecular formula is C25H25BrN6O3. The molecule has 2 amide bonds. The third-order valence-electron chi connectivity index (χ3n) is 6.88. The van der Waals surface area contributed by atoms with Crippen LogP contribution in [-0.4, -0.2) is 64.6 Å². The van der Waals surface area contributed by atoms with Crippen molar-refractivity contribution in [2.24, 2.45) is 5.92 Å². The SMILES string of the molecule is O=C(C1CC(=O)N(c2cccc(Br)c2)C1)N1CCN(c2ccc(-c3noc(C4CC4)n3)cn2)CC1. The number of aromatic nitrogens is 3. The quantitative estimate of drug-likeness (QED) is 0.492. The first-order chi connectivity index (χ1) is 17.0. The number of benzene rings is 1. The predicted molar refractivity (Wildman–Crippen MR) is 133 cm³/mol. The number of hydrogen-bond acceptors (Lipinski definition) is 7. The van der Waals surface area contributed by atoms with Crippen molar-refractivity contribution in [3.63, 3.8) is 0 Å². The van der Waals surface area contributed by atoms with Gasteiger partial charge < -0.3 is 19.2 Å². The number of nitrogens with zero attached hydrogens (tertiary/aromatic N) is 6. The van der Waals surface area contributed by atoms with E-state index in [9.17, 15) is 9.59 Å². The molecule has 1 aromatic carbocycles. The van der Waals surface area contributed by atoms with Gasteiger partial charge in [0.2, 0.25) is 23.5 Å². The highest BCUT2D eigenvalue weighted by Crippen LogP contribution is 2.39. The van der Waals surface area contributed by atoms with E-state index in [0.29, 0.717) is 50.4 Å². The lowest BCUT2D eigenvalue weighted by Gasteiger charge is -2.36. The Balaban J connectivity index is 1.05. The van der Waals surface area contributed by atoms with Crippen molar-refractivity contribution < 1.29 is 14.1 Å². The summed E-state index contributed by atoms with van der Waals surface area (Å²) >= 11 is 3.45. The lowest BCUT2D eigenvalue weighted by atomic mass is 10.1. The van der Waals surface area contributed by atoms with E-state index in [-0.39, 0.29) is 24.2 Å². The zero-order chi connectivity index (χ0) is 23.9. The number of anilines is 2. The predicted octanol–water partition coefficient (Wildman–Crippen LogP) is 3.47. The summed E-state index contributed by atoms with van der Waals surface area (Å²) in [6.45, 7) is 3.04. The number of hydrogen-bond donors (Lipinski definition) is 0. The van der Waals surface area contributed by atoms with E-state index in [1.165, 1.54) is 0 Å². The smallest absolute Gasteiger partial charge is 0.230 e. The Labute approximate surface area is 211 Å². The van der Waals surface area contributed by atoms with Crippen LogP contribution in [0.4, 0.5) is 11.5 Å². The van der Waals surface area contributed by atoms with Gasteiger partial charge in [-0.15, -0.1) is 0 Å². The third-order valence-corrected chi connectivity index (χ3v) is 7.38. The molecule has 2 aliphatic heterocycles. The highest BCUT2D eigenvalue weighted by atomic mass is 79.9. The summed E-state index contributed by atoms with van der Waals surface area (Å²) in [6, 6.07) is 11.6. The maximum absolute atomic E-state index is 13.2. The standard InChI is InChI=1S/C25H25BrN6O3/c26-19-2-1-3-20(13-19)32-15-18(12-22(32)33)25(34)31-10-8-30(9-11-31)21-7-6-17(14-27-21)23-28-24(35-29-23)16-4-5-16/h1-3,6-7,13-14,16,18H,4-5,8-12,15H2. The minimum atomic E-state index is -0.305. The third kappa shape index (κ3) is 4.54. The minimum Gasteiger partial charge on any atom is -0.353 e. The van der Waals surface area contributed by atoms with Crippen molar-refractivity contribution in [3.8, 4) is 11.4 Å². The molecule has 3 aliphatic rings. The van der Waals surface area contributed by atoms with E-state index < -0.39 is 0 Å². The summed E-state index contributed by atoms with van der Waals surface area (Å²) in [7, 11) is 0. The number of carbonyl (C=O) groups is 2. The van der Waals surface area contributed by atoms with Crippen LogP contribution in [0.2, 0.25) is 0 Å². The van der Waals surface area contributed by atoms with Crippen LogP contribution in [0, 0.1) is 5.92 Å². The second-order valence-electron chi connectivity index (χ2n) is 9.33. The van der Waals surface area contributed by atoms with Crippen molar-refractivity contribution in [3.05, 3.63) is 53.0 Å². The maximum Gasteiger partial charge on any atom is 0.230 e. The first-order valence-electron chi connectivity index (χ1n) is 11.9. The monoisotopic (exact) mass is 536 g/mol. The zero-order valence-corrected chi connectivity index (χ0v) is 20.7. The summed E-state index contributed by atoms with van der Waals surface area (Å²) < 4.78 is 6.26. The van der Waals surface area contributed by atoms with Crippen molar-refractivity contribution in [2.45, 2.75) is 25.2 Å². The Morgan fingerprint density at radius 3 is 2.63 bits per heavy atom. The molecule has 2 saturated heterocycles. The minimum absolute atomic E-state index is 0.00442. The van der Waals surface area contributed by atoms with Crippen molar-refractivity contribution >= 4 is 39.2 Å². The molecule has 2 aromatic heterocycles. The first-order valence-corrected chi connectivity index (χ1v) is 12.7. The van der Waals surface area contributed by atoms with E-state index in [1.54, 1.807) is 11.1 Å². The second kappa shape index (κ2) is 9.07. The lowest BCUT2D eigenvalue weighted by molar-refractivity contribution is -0.136. The van der Waals surface area contributed by atoms with Crippen molar-refractivity contribution in [1.82, 2.24) is 20.0 Å². The Hall–Kier alpha value is -3.27. The van der Waals surface area contributed by atoms with E-state index in [1.807, 2.05) is 41.3 Å². The fraction of sp³-hybridized carbons (Fsp3) is 0.400. The molecule has 180 valence electrons. The van der Waals surface area contributed by atoms with Crippen LogP contribution >= 0.6 is 15.9 Å². The van der Waals surface area contributed by atoms with Crippen LogP contribution in [0.5, 0.6) is 0 Å². The molecular weight excluding hydrogens is 512 g/mol. The lowest BCUT2D eigenvalue weighted by Crippen LogP contribution is -2.51. The normalized spacial score (nSPS) is 20.5. The second-order valence-corrected chi connectivity index (χ2v) is 10.2. The van der Waals surface area contributed by atoms with Gasteiger partial charge in [0.15, 0.2) is 0 Å². The molecule has 6 rings (SSSR count). The van der Waals surface area contributed by atoms with Gasteiger partial charge in [0.25, 0.3) is 0 Å². The van der Waals surface area contributed by atoms with Gasteiger partial charge in [-0.3, -0.25) is 9.59 Å². The molecule has 0 bridgehead atoms. The topological polar surface area (TPSA) is 95.7 Å². The number of halogens is 1. The van der Waals surface area contributed by atoms with Gasteiger partial charge in [-0.1, -0.05) is 27.2 Å². The highest BCUT2D eigenvalue weighted by molar-refractivity contribution is 9.10. The fourth-order valence-corrected chi connectivity index (χ4v) is 5.12. The molecule has 1 atom stereocenters. The van der Waals surface area contributed by atoms with Crippen molar-refractivity contribution in [1.29, 1.82) is 0 Å². The molecule has 10 heteroatoms. The summed E-state index contributed by atoms with van der Waals surface area (Å²) in [5.74, 6) is 2.33. The van der Waals surface area contributed by atoms with Gasteiger partial charge >= 0.3 is 0 Å². The number of rotatable bonds is 5. The highest BCUT2D eigenvalue weighted by Gasteiger charge is 2.38. The Kier molecular flexibility index (Phi) is 5.75. The molecule has 0 N–H and O–H groups in total. The van der Waals surface area contributed by atoms with E-state index in [0.717, 1.165) is 34.4 Å². The van der Waals surface area contributed by atoms with Gasteiger partial charge in [-0.05, 0) is 43.2 Å². The van der Waals surface area contributed by atoms with Gasteiger partial charge in [0, 0.05) is 67.0 Å². The van der Waals surface area contributed by atoms with E-state index >= 15 is 0 Å². The Morgan fingerprint density at radius 1 is 1.09 bits per heavy atom. The maximum atomic E-state index is 13.2. The number of pyridine rings is 1. The van der Waals surface area contributed by atoms with Gasteiger partial charge in [-0.25, -0.2) is 4.98 Å². The largest absolute Gasteiger partial charge is 0.353 e. The average Bonchev–Trinajstić information content (AvgIpc) is 3.48. The van der Waals surface area contributed by atoms with Gasteiger partial charge in [0.1, 0.15) is 5.82 Å². The molecule has 35 heavy (non-hydrogen) atoms. The molecule has 9 nitrogen and oxygen atoms in total. The molecule has 4 heterocycles. The Morgan fingerprint density at radius 2 is 1.91 bits per heavy atom. The summed E-state index contributed by atoms with van der Waals surface area (Å²) in [5, 5.41) is 4.08. The van der Waals surface area contributed by atoms with Crippen LogP contribution in [0.25, 0.3) is 11.4 Å². The van der Waals surface area contributed by atoms with Crippen LogP contribution in [-0.2, 0) is 9.59 Å². The zero-order valence-electron chi connectivity index (χ0n) is 19.1.